The fourth-order valence-corrected chi connectivity index (χ4v) is 1.47. The molecule has 0 aromatic rings. The van der Waals surface area contributed by atoms with E-state index in [2.05, 4.69) is 0 Å². The number of hydrogen-bond donors (Lipinski definition) is 3. The van der Waals surface area contributed by atoms with Crippen molar-refractivity contribution in [1.82, 2.24) is 0 Å². The maximum atomic E-state index is 10.6. The van der Waals surface area contributed by atoms with Crippen LogP contribution in [-0.4, -0.2) is 21.9 Å². The maximum absolute atomic E-state index is 10.6. The Morgan fingerprint density at radius 3 is 2.59 bits per heavy atom. The normalized spacial score (nSPS) is 19.1. The molecule has 0 aliphatic heterocycles. The second kappa shape index (κ2) is 5.30. The van der Waals surface area contributed by atoms with Gasteiger partial charge in [-0.05, 0) is 30.6 Å². The molecule has 4 nitrogen and oxygen atoms in total. The van der Waals surface area contributed by atoms with E-state index in [1.165, 1.54) is 6.08 Å². The molecule has 0 heterocycles. The van der Waals surface area contributed by atoms with Crippen molar-refractivity contribution in [3.63, 3.8) is 0 Å². The lowest BCUT2D eigenvalue weighted by molar-refractivity contribution is -0.135. The van der Waals surface area contributed by atoms with E-state index >= 15 is 0 Å². The summed E-state index contributed by atoms with van der Waals surface area (Å²) in [4.78, 5) is 10.6. The molecule has 0 bridgehead atoms. The van der Waals surface area contributed by atoms with Crippen molar-refractivity contribution < 1.29 is 15.0 Å². The van der Waals surface area contributed by atoms with Gasteiger partial charge in [0.25, 0.3) is 0 Å². The zero-order chi connectivity index (χ0) is 13.0. The van der Waals surface area contributed by atoms with E-state index in [1.807, 2.05) is 19.1 Å². The summed E-state index contributed by atoms with van der Waals surface area (Å²) < 4.78 is 0. The number of carboxylic acids is 1. The number of aliphatic hydroxyl groups excluding tert-OH is 1. The van der Waals surface area contributed by atoms with E-state index in [1.54, 1.807) is 13.0 Å². The van der Waals surface area contributed by atoms with Gasteiger partial charge in [0.15, 0.2) is 0 Å². The molecule has 1 aliphatic carbocycles. The number of carboxylic acid groups (broad SMARTS) is 1. The van der Waals surface area contributed by atoms with Gasteiger partial charge in [-0.15, -0.1) is 0 Å². The summed E-state index contributed by atoms with van der Waals surface area (Å²) in [6.45, 7) is 3.74. The molecule has 0 radical (unpaired) electrons. The fourth-order valence-electron chi connectivity index (χ4n) is 1.47. The molecule has 3 N–H and O–H groups in total. The van der Waals surface area contributed by atoms with Crippen molar-refractivity contribution in [2.45, 2.75) is 20.3 Å². The van der Waals surface area contributed by atoms with Crippen LogP contribution in [-0.2, 0) is 4.79 Å². The first kappa shape index (κ1) is 13.0. The largest absolute Gasteiger partial charge is 0.501 e. The summed E-state index contributed by atoms with van der Waals surface area (Å²) in [6.07, 6.45) is 7.89. The fraction of sp³-hybridized carbons (Fsp3) is 0.231. The lowest BCUT2D eigenvalue weighted by atomic mass is 9.91. The number of aliphatic hydroxyl groups is 1. The summed E-state index contributed by atoms with van der Waals surface area (Å²) in [5.74, 6) is -2.21. The van der Waals surface area contributed by atoms with Crippen LogP contribution in [0, 0.1) is 5.41 Å². The van der Waals surface area contributed by atoms with E-state index < -0.39 is 11.7 Å². The summed E-state index contributed by atoms with van der Waals surface area (Å²) in [5, 5.41) is 25.8. The number of carbonyl (C=O) groups is 1. The van der Waals surface area contributed by atoms with Gasteiger partial charge in [-0.3, -0.25) is 5.41 Å². The minimum atomic E-state index is -1.42. The van der Waals surface area contributed by atoms with Crippen LogP contribution in [0.25, 0.3) is 0 Å². The molecule has 1 rings (SSSR count). The van der Waals surface area contributed by atoms with Crippen LogP contribution in [0.4, 0.5) is 0 Å². The van der Waals surface area contributed by atoms with E-state index in [4.69, 9.17) is 10.5 Å². The molecule has 90 valence electrons. The molecule has 4 heteroatoms. The highest BCUT2D eigenvalue weighted by molar-refractivity contribution is 6.16. The molecule has 0 atom stereocenters. The third-order valence-electron chi connectivity index (χ3n) is 2.50. The first-order chi connectivity index (χ1) is 7.99. The third kappa shape index (κ3) is 2.72. The molecule has 1 aliphatic rings. The van der Waals surface area contributed by atoms with E-state index in [9.17, 15) is 9.90 Å². The predicted octanol–water partition coefficient (Wildman–Crippen LogP) is 2.76. The molecular weight excluding hydrogens is 218 g/mol. The van der Waals surface area contributed by atoms with Crippen molar-refractivity contribution in [3.8, 4) is 0 Å². The van der Waals surface area contributed by atoms with Crippen LogP contribution in [0.15, 0.2) is 46.8 Å². The summed E-state index contributed by atoms with van der Waals surface area (Å²) >= 11 is 0. The number of hydrogen-bond acceptors (Lipinski definition) is 3. The molecule has 0 saturated carbocycles. The van der Waals surface area contributed by atoms with Crippen molar-refractivity contribution in [1.29, 1.82) is 5.41 Å². The van der Waals surface area contributed by atoms with E-state index in [0.717, 1.165) is 12.0 Å². The molecular formula is C13H15NO3. The highest BCUT2D eigenvalue weighted by Crippen LogP contribution is 2.22. The van der Waals surface area contributed by atoms with Crippen molar-refractivity contribution in [2.75, 3.05) is 0 Å². The van der Waals surface area contributed by atoms with Crippen molar-refractivity contribution in [3.05, 3.63) is 46.8 Å². The highest BCUT2D eigenvalue weighted by atomic mass is 16.4. The SMILES string of the molecule is CC/C=C\C1=C(C)C(=N)/C(=C(\O)C(=O)O)C=C1. The second-order valence-corrected chi connectivity index (χ2v) is 3.67. The van der Waals surface area contributed by atoms with Crippen molar-refractivity contribution >= 4 is 11.7 Å². The quantitative estimate of drug-likeness (QED) is 0.518. The Kier molecular flexibility index (Phi) is 4.04. The minimum absolute atomic E-state index is 0.0446. The van der Waals surface area contributed by atoms with Gasteiger partial charge in [0.05, 0.1) is 5.71 Å². The van der Waals surface area contributed by atoms with Crippen LogP contribution in [0.5, 0.6) is 0 Å². The van der Waals surface area contributed by atoms with Crippen LogP contribution >= 0.6 is 0 Å². The van der Waals surface area contributed by atoms with Crippen molar-refractivity contribution in [2.24, 2.45) is 0 Å². The van der Waals surface area contributed by atoms with Gasteiger partial charge in [-0.1, -0.05) is 25.2 Å². The second-order valence-electron chi connectivity index (χ2n) is 3.67. The third-order valence-corrected chi connectivity index (χ3v) is 2.50. The zero-order valence-corrected chi connectivity index (χ0v) is 9.82. The van der Waals surface area contributed by atoms with Crippen LogP contribution < -0.4 is 0 Å². The molecule has 17 heavy (non-hydrogen) atoms. The maximum Gasteiger partial charge on any atom is 0.371 e. The molecule has 0 aromatic carbocycles. The summed E-state index contributed by atoms with van der Waals surface area (Å²) in [7, 11) is 0. The summed E-state index contributed by atoms with van der Waals surface area (Å²) in [5.41, 5.74) is 1.60. The Morgan fingerprint density at radius 2 is 2.06 bits per heavy atom. The van der Waals surface area contributed by atoms with Gasteiger partial charge in [0, 0.05) is 5.57 Å². The van der Waals surface area contributed by atoms with Crippen LogP contribution in [0.3, 0.4) is 0 Å². The topological polar surface area (TPSA) is 81.4 Å². The highest BCUT2D eigenvalue weighted by Gasteiger charge is 2.19. The monoisotopic (exact) mass is 233 g/mol. The van der Waals surface area contributed by atoms with Crippen LogP contribution in [0.1, 0.15) is 20.3 Å². The lowest BCUT2D eigenvalue weighted by Gasteiger charge is -2.14. The number of rotatable bonds is 3. The van der Waals surface area contributed by atoms with Gasteiger partial charge in [0.1, 0.15) is 0 Å². The average molecular weight is 233 g/mol. The smallest absolute Gasteiger partial charge is 0.371 e. The predicted molar refractivity (Wildman–Crippen MR) is 66.3 cm³/mol. The molecule has 0 aromatic heterocycles. The zero-order valence-electron chi connectivity index (χ0n) is 9.82. The van der Waals surface area contributed by atoms with Crippen LogP contribution in [0.2, 0.25) is 0 Å². The Morgan fingerprint density at radius 1 is 1.41 bits per heavy atom. The summed E-state index contributed by atoms with van der Waals surface area (Å²) in [6, 6.07) is 0. The Bertz CT molecular complexity index is 479. The Hall–Kier alpha value is -2.10. The molecule has 0 fully saturated rings. The number of nitrogens with one attached hydrogen (secondary N) is 1. The van der Waals surface area contributed by atoms with E-state index in [0.29, 0.717) is 5.57 Å². The standard InChI is InChI=1S/C13H15NO3/c1-3-4-5-9-6-7-10(11(14)8(9)2)12(15)13(16)17/h4-7,14-15H,3H2,1-2H3,(H,16,17)/b5-4-,12-10-,14-11?. The van der Waals surface area contributed by atoms with Gasteiger partial charge in [-0.2, -0.15) is 0 Å². The average Bonchev–Trinajstić information content (AvgIpc) is 2.30. The molecule has 0 spiro atoms. The lowest BCUT2D eigenvalue weighted by Crippen LogP contribution is -2.13. The van der Waals surface area contributed by atoms with Gasteiger partial charge in [-0.25, -0.2) is 4.79 Å². The first-order valence-electron chi connectivity index (χ1n) is 5.30. The van der Waals surface area contributed by atoms with Gasteiger partial charge in [0.2, 0.25) is 5.76 Å². The molecule has 0 saturated heterocycles. The van der Waals surface area contributed by atoms with Gasteiger partial charge < -0.3 is 10.2 Å². The Balaban J connectivity index is 3.16. The number of allylic oxidation sites excluding steroid dienone is 7. The first-order valence-corrected chi connectivity index (χ1v) is 5.30. The Labute approximate surface area is 99.8 Å². The number of aliphatic carboxylic acids is 1. The van der Waals surface area contributed by atoms with E-state index in [-0.39, 0.29) is 11.3 Å². The molecule has 0 amide bonds. The minimum Gasteiger partial charge on any atom is -0.501 e. The molecule has 0 unspecified atom stereocenters. The van der Waals surface area contributed by atoms with Gasteiger partial charge >= 0.3 is 5.97 Å².